The van der Waals surface area contributed by atoms with E-state index in [1.807, 2.05) is 36.5 Å². The number of aryl methyl sites for hydroxylation is 2. The fourth-order valence-corrected chi connectivity index (χ4v) is 3.67. The minimum atomic E-state index is 0.0174. The molecule has 0 unspecified atom stereocenters. The molecule has 1 aliphatic carbocycles. The summed E-state index contributed by atoms with van der Waals surface area (Å²) in [5, 5.41) is 4.04. The number of carbonyl (C=O) groups is 1. The van der Waals surface area contributed by atoms with Crippen LogP contribution in [0.4, 0.5) is 0 Å². The number of aromatic amines is 1. The van der Waals surface area contributed by atoms with E-state index >= 15 is 0 Å². The van der Waals surface area contributed by atoms with Crippen molar-refractivity contribution >= 4 is 16.8 Å². The predicted octanol–water partition coefficient (Wildman–Crippen LogP) is 3.78. The number of para-hydroxylation sites is 1. The Kier molecular flexibility index (Phi) is 4.91. The first-order valence-electron chi connectivity index (χ1n) is 9.36. The Labute approximate surface area is 153 Å². The predicted molar refractivity (Wildman–Crippen MR) is 104 cm³/mol. The second-order valence-electron chi connectivity index (χ2n) is 6.87. The van der Waals surface area contributed by atoms with Crippen LogP contribution in [0.1, 0.15) is 29.5 Å². The van der Waals surface area contributed by atoms with Crippen molar-refractivity contribution in [2.45, 2.75) is 32.1 Å². The molecule has 134 valence electrons. The molecule has 0 saturated carbocycles. The summed E-state index contributed by atoms with van der Waals surface area (Å²) in [6.07, 6.45) is 7.17. The number of fused-ring (bicyclic) bond motifs is 2. The van der Waals surface area contributed by atoms with Crippen molar-refractivity contribution in [1.82, 2.24) is 10.3 Å². The van der Waals surface area contributed by atoms with Gasteiger partial charge >= 0.3 is 0 Å². The van der Waals surface area contributed by atoms with Crippen LogP contribution in [0.25, 0.3) is 10.9 Å². The molecule has 1 heterocycles. The lowest BCUT2D eigenvalue weighted by atomic mass is 9.92. The minimum Gasteiger partial charge on any atom is -0.492 e. The van der Waals surface area contributed by atoms with Crippen LogP contribution in [0.15, 0.2) is 48.7 Å². The molecule has 1 aromatic heterocycles. The average molecular weight is 348 g/mol. The second-order valence-corrected chi connectivity index (χ2v) is 6.87. The van der Waals surface area contributed by atoms with E-state index in [0.717, 1.165) is 28.6 Å². The molecule has 0 bridgehead atoms. The number of hydrogen-bond donors (Lipinski definition) is 2. The molecule has 0 saturated heterocycles. The first-order valence-corrected chi connectivity index (χ1v) is 9.36. The lowest BCUT2D eigenvalue weighted by molar-refractivity contribution is -0.120. The number of aromatic nitrogens is 1. The number of H-pyrrole nitrogens is 1. The smallest absolute Gasteiger partial charge is 0.224 e. The van der Waals surface area contributed by atoms with Crippen LogP contribution in [0.2, 0.25) is 0 Å². The second kappa shape index (κ2) is 7.65. The summed E-state index contributed by atoms with van der Waals surface area (Å²) in [4.78, 5) is 15.4. The van der Waals surface area contributed by atoms with Gasteiger partial charge in [-0.15, -0.1) is 0 Å². The standard InChI is InChI=1S/C22H24N2O2/c25-22(14-18-15-24-21-8-4-3-7-20(18)21)23-11-12-26-19-10-9-16-5-1-2-6-17(16)13-19/h3-4,7-10,13,15,24H,1-2,5-6,11-12,14H2,(H,23,25). The quantitative estimate of drug-likeness (QED) is 0.666. The van der Waals surface area contributed by atoms with Crippen LogP contribution in [0.5, 0.6) is 5.75 Å². The topological polar surface area (TPSA) is 54.1 Å². The van der Waals surface area contributed by atoms with Crippen LogP contribution < -0.4 is 10.1 Å². The van der Waals surface area contributed by atoms with Crippen molar-refractivity contribution in [3.05, 3.63) is 65.4 Å². The Hall–Kier alpha value is -2.75. The summed E-state index contributed by atoms with van der Waals surface area (Å²) in [6, 6.07) is 14.4. The zero-order valence-corrected chi connectivity index (χ0v) is 14.9. The number of rotatable bonds is 6. The van der Waals surface area contributed by atoms with E-state index in [2.05, 4.69) is 22.4 Å². The third-order valence-corrected chi connectivity index (χ3v) is 5.04. The molecule has 26 heavy (non-hydrogen) atoms. The fourth-order valence-electron chi connectivity index (χ4n) is 3.67. The lowest BCUT2D eigenvalue weighted by Gasteiger charge is -2.16. The number of carbonyl (C=O) groups excluding carboxylic acids is 1. The van der Waals surface area contributed by atoms with Gasteiger partial charge in [0.15, 0.2) is 0 Å². The van der Waals surface area contributed by atoms with E-state index < -0.39 is 0 Å². The zero-order valence-electron chi connectivity index (χ0n) is 14.9. The maximum Gasteiger partial charge on any atom is 0.224 e. The van der Waals surface area contributed by atoms with Gasteiger partial charge in [0, 0.05) is 17.1 Å². The summed E-state index contributed by atoms with van der Waals surface area (Å²) in [5.41, 5.74) is 4.95. The van der Waals surface area contributed by atoms with Crippen LogP contribution >= 0.6 is 0 Å². The van der Waals surface area contributed by atoms with Crippen LogP contribution in [0.3, 0.4) is 0 Å². The normalized spacial score (nSPS) is 13.4. The SMILES string of the molecule is O=C(Cc1c[nH]c2ccccc12)NCCOc1ccc2c(c1)CCCC2. The summed E-state index contributed by atoms with van der Waals surface area (Å²) < 4.78 is 5.81. The van der Waals surface area contributed by atoms with Crippen molar-refractivity contribution in [3.63, 3.8) is 0 Å². The number of benzene rings is 2. The number of nitrogens with one attached hydrogen (secondary N) is 2. The van der Waals surface area contributed by atoms with E-state index in [1.165, 1.54) is 30.4 Å². The molecule has 0 aliphatic heterocycles. The van der Waals surface area contributed by atoms with Gasteiger partial charge in [-0.2, -0.15) is 0 Å². The van der Waals surface area contributed by atoms with Gasteiger partial charge in [-0.3, -0.25) is 4.79 Å². The Morgan fingerprint density at radius 2 is 1.92 bits per heavy atom. The molecule has 0 spiro atoms. The van der Waals surface area contributed by atoms with Gasteiger partial charge in [0.1, 0.15) is 12.4 Å². The lowest BCUT2D eigenvalue weighted by Crippen LogP contribution is -2.29. The Balaban J connectivity index is 1.25. The van der Waals surface area contributed by atoms with Gasteiger partial charge in [-0.05, 0) is 60.6 Å². The summed E-state index contributed by atoms with van der Waals surface area (Å²) in [5.74, 6) is 0.917. The largest absolute Gasteiger partial charge is 0.492 e. The van der Waals surface area contributed by atoms with Crippen LogP contribution in [0, 0.1) is 0 Å². The molecular weight excluding hydrogens is 324 g/mol. The first-order chi connectivity index (χ1) is 12.8. The molecule has 0 radical (unpaired) electrons. The monoisotopic (exact) mass is 348 g/mol. The fraction of sp³-hybridized carbons (Fsp3) is 0.318. The third kappa shape index (κ3) is 3.74. The molecule has 4 nitrogen and oxygen atoms in total. The van der Waals surface area contributed by atoms with Gasteiger partial charge in [-0.1, -0.05) is 24.3 Å². The van der Waals surface area contributed by atoms with Gasteiger partial charge in [0.25, 0.3) is 0 Å². The highest BCUT2D eigenvalue weighted by atomic mass is 16.5. The third-order valence-electron chi connectivity index (χ3n) is 5.04. The van der Waals surface area contributed by atoms with E-state index in [1.54, 1.807) is 0 Å². The number of amides is 1. The number of hydrogen-bond acceptors (Lipinski definition) is 2. The minimum absolute atomic E-state index is 0.0174. The molecule has 0 fully saturated rings. The van der Waals surface area contributed by atoms with Crippen molar-refractivity contribution in [2.75, 3.05) is 13.2 Å². The van der Waals surface area contributed by atoms with Crippen molar-refractivity contribution in [1.29, 1.82) is 0 Å². The average Bonchev–Trinajstić information content (AvgIpc) is 3.08. The van der Waals surface area contributed by atoms with Crippen molar-refractivity contribution in [3.8, 4) is 5.75 Å². The highest BCUT2D eigenvalue weighted by Crippen LogP contribution is 2.25. The molecule has 1 amide bonds. The zero-order chi connectivity index (χ0) is 17.8. The molecule has 4 rings (SSSR count). The molecular formula is C22H24N2O2. The van der Waals surface area contributed by atoms with E-state index in [4.69, 9.17) is 4.74 Å². The molecule has 2 N–H and O–H groups in total. The van der Waals surface area contributed by atoms with E-state index in [9.17, 15) is 4.79 Å². The maximum atomic E-state index is 12.2. The molecule has 4 heteroatoms. The molecule has 2 aromatic carbocycles. The summed E-state index contributed by atoms with van der Waals surface area (Å²) in [6.45, 7) is 0.997. The maximum absolute atomic E-state index is 12.2. The Morgan fingerprint density at radius 1 is 1.08 bits per heavy atom. The van der Waals surface area contributed by atoms with Crippen molar-refractivity contribution in [2.24, 2.45) is 0 Å². The number of ether oxygens (including phenoxy) is 1. The highest BCUT2D eigenvalue weighted by molar-refractivity contribution is 5.88. The molecule has 1 aliphatic rings. The molecule has 0 atom stereocenters. The highest BCUT2D eigenvalue weighted by Gasteiger charge is 2.10. The van der Waals surface area contributed by atoms with Gasteiger partial charge < -0.3 is 15.0 Å². The Bertz CT molecular complexity index is 913. The summed E-state index contributed by atoms with van der Waals surface area (Å²) in [7, 11) is 0. The Morgan fingerprint density at radius 3 is 2.85 bits per heavy atom. The van der Waals surface area contributed by atoms with E-state index in [0.29, 0.717) is 19.6 Å². The first kappa shape index (κ1) is 16.7. The summed E-state index contributed by atoms with van der Waals surface area (Å²) >= 11 is 0. The van der Waals surface area contributed by atoms with Gasteiger partial charge in [0.2, 0.25) is 5.91 Å². The van der Waals surface area contributed by atoms with Crippen LogP contribution in [-0.2, 0) is 24.1 Å². The molecule has 3 aromatic rings. The van der Waals surface area contributed by atoms with E-state index in [-0.39, 0.29) is 5.91 Å². The van der Waals surface area contributed by atoms with Gasteiger partial charge in [0.05, 0.1) is 13.0 Å². The van der Waals surface area contributed by atoms with Crippen molar-refractivity contribution < 1.29 is 9.53 Å². The van der Waals surface area contributed by atoms with Gasteiger partial charge in [-0.25, -0.2) is 0 Å². The van der Waals surface area contributed by atoms with Crippen LogP contribution in [-0.4, -0.2) is 24.0 Å².